The summed E-state index contributed by atoms with van der Waals surface area (Å²) in [6.07, 6.45) is -5.58. The van der Waals surface area contributed by atoms with Gasteiger partial charge in [-0.1, -0.05) is 29.3 Å². The Balaban J connectivity index is 1.37. The van der Waals surface area contributed by atoms with Crippen LogP contribution in [-0.4, -0.2) is 41.8 Å². The lowest BCUT2D eigenvalue weighted by molar-refractivity contribution is -0.352. The zero-order valence-electron chi connectivity index (χ0n) is 19.7. The second-order valence-electron chi connectivity index (χ2n) is 9.95. The van der Waals surface area contributed by atoms with E-state index in [4.69, 9.17) is 42.3 Å². The molecule has 3 heterocycles. The van der Waals surface area contributed by atoms with Crippen LogP contribution >= 0.6 is 23.2 Å². The van der Waals surface area contributed by atoms with E-state index in [9.17, 15) is 22.4 Å². The third-order valence-corrected chi connectivity index (χ3v) is 6.68. The highest BCUT2D eigenvalue weighted by atomic mass is 35.5. The van der Waals surface area contributed by atoms with Crippen LogP contribution in [0.3, 0.4) is 0 Å². The van der Waals surface area contributed by atoms with Crippen molar-refractivity contribution < 1.29 is 41.4 Å². The van der Waals surface area contributed by atoms with E-state index in [1.165, 1.54) is 11.0 Å². The molecule has 0 radical (unpaired) electrons. The van der Waals surface area contributed by atoms with Crippen molar-refractivity contribution in [1.82, 2.24) is 4.90 Å². The predicted octanol–water partition coefficient (Wildman–Crippen LogP) is 6.23. The van der Waals surface area contributed by atoms with E-state index in [0.717, 1.165) is 17.7 Å². The van der Waals surface area contributed by atoms with Gasteiger partial charge in [-0.3, -0.25) is 0 Å². The predicted molar refractivity (Wildman–Crippen MR) is 124 cm³/mol. The van der Waals surface area contributed by atoms with Crippen molar-refractivity contribution >= 4 is 35.2 Å². The van der Waals surface area contributed by atoms with Gasteiger partial charge in [-0.25, -0.2) is 9.18 Å². The third-order valence-electron chi connectivity index (χ3n) is 6.13. The number of oxime groups is 1. The van der Waals surface area contributed by atoms with Gasteiger partial charge in [0, 0.05) is 5.56 Å². The second-order valence-corrected chi connectivity index (χ2v) is 10.8. The fourth-order valence-electron chi connectivity index (χ4n) is 4.39. The Kier molecular flexibility index (Phi) is 5.85. The lowest BCUT2D eigenvalue weighted by Crippen LogP contribution is -2.61. The summed E-state index contributed by atoms with van der Waals surface area (Å²) in [5.41, 5.74) is -0.330. The summed E-state index contributed by atoms with van der Waals surface area (Å²) in [7, 11) is 0. The molecule has 1 fully saturated rings. The minimum atomic E-state index is -5.12. The number of alkyl halides is 3. The van der Waals surface area contributed by atoms with Crippen molar-refractivity contribution in [2.45, 2.75) is 50.5 Å². The Morgan fingerprint density at radius 1 is 1.11 bits per heavy atom. The summed E-state index contributed by atoms with van der Waals surface area (Å²) in [6, 6.07) is 6.24. The molecule has 1 unspecified atom stereocenters. The van der Waals surface area contributed by atoms with E-state index in [-0.39, 0.29) is 25.3 Å². The van der Waals surface area contributed by atoms with Crippen LogP contribution in [0.5, 0.6) is 0 Å². The molecule has 1 atom stereocenters. The zero-order valence-corrected chi connectivity index (χ0v) is 21.2. The van der Waals surface area contributed by atoms with Crippen LogP contribution in [0.1, 0.15) is 43.0 Å². The van der Waals surface area contributed by atoms with E-state index in [1.54, 1.807) is 32.9 Å². The number of nitrogens with zero attached hydrogens (tertiary/aromatic N) is 2. The van der Waals surface area contributed by atoms with Crippen molar-refractivity contribution in [2.75, 3.05) is 13.1 Å². The monoisotopic (exact) mass is 562 g/mol. The SMILES string of the molecule is CC(C)(C)OC(=O)N1CC2(C1)OCc1cc(C3=NOC(c4cc(Cl)c(F)c(Cl)c4)(C(F)(F)F)O3)ccc12. The van der Waals surface area contributed by atoms with Gasteiger partial charge in [0.05, 0.1) is 35.3 Å². The first kappa shape index (κ1) is 25.9. The number of ether oxygens (including phenoxy) is 3. The average molecular weight is 563 g/mol. The van der Waals surface area contributed by atoms with E-state index in [0.29, 0.717) is 5.56 Å². The number of hydrogen-bond acceptors (Lipinski definition) is 6. The molecule has 37 heavy (non-hydrogen) atoms. The molecule has 0 N–H and O–H groups in total. The quantitative estimate of drug-likeness (QED) is 0.320. The molecule has 0 bridgehead atoms. The van der Waals surface area contributed by atoms with Crippen molar-refractivity contribution in [3.63, 3.8) is 0 Å². The van der Waals surface area contributed by atoms with Crippen LogP contribution in [0.25, 0.3) is 0 Å². The maximum absolute atomic E-state index is 14.2. The molecule has 5 rings (SSSR count). The molecule has 1 amide bonds. The third kappa shape index (κ3) is 4.26. The highest BCUT2D eigenvalue weighted by Gasteiger charge is 2.66. The molecular formula is C24H20Cl2F4N2O5. The summed E-state index contributed by atoms with van der Waals surface area (Å²) in [6.45, 7) is 6.04. The lowest BCUT2D eigenvalue weighted by Gasteiger charge is -2.47. The van der Waals surface area contributed by atoms with Gasteiger partial charge < -0.3 is 23.9 Å². The van der Waals surface area contributed by atoms with Crippen LogP contribution in [0.2, 0.25) is 10.0 Å². The number of halogens is 6. The molecule has 0 saturated carbocycles. The molecule has 13 heteroatoms. The Morgan fingerprint density at radius 2 is 1.76 bits per heavy atom. The first-order chi connectivity index (χ1) is 17.1. The maximum atomic E-state index is 14.2. The number of hydrogen-bond donors (Lipinski definition) is 0. The number of carbonyl (C=O) groups excluding carboxylic acids is 1. The molecule has 2 aromatic rings. The fourth-order valence-corrected chi connectivity index (χ4v) is 4.88. The van der Waals surface area contributed by atoms with Crippen LogP contribution in [-0.2, 0) is 37.0 Å². The first-order valence-corrected chi connectivity index (χ1v) is 11.8. The van der Waals surface area contributed by atoms with Crippen LogP contribution in [0.15, 0.2) is 35.5 Å². The zero-order chi connectivity index (χ0) is 27.0. The first-order valence-electron chi connectivity index (χ1n) is 11.1. The molecule has 0 aliphatic carbocycles. The van der Waals surface area contributed by atoms with Crippen LogP contribution < -0.4 is 0 Å². The molecular weight excluding hydrogens is 543 g/mol. The van der Waals surface area contributed by atoms with Crippen molar-refractivity contribution in [3.8, 4) is 0 Å². The number of fused-ring (bicyclic) bond motifs is 2. The van der Waals surface area contributed by atoms with E-state index >= 15 is 0 Å². The van der Waals surface area contributed by atoms with Crippen LogP contribution in [0, 0.1) is 5.82 Å². The Labute approximate surface area is 218 Å². The van der Waals surface area contributed by atoms with Gasteiger partial charge in [-0.2, -0.15) is 13.2 Å². The molecule has 1 spiro atoms. The van der Waals surface area contributed by atoms with Crippen molar-refractivity contribution in [3.05, 3.63) is 68.4 Å². The number of benzene rings is 2. The van der Waals surface area contributed by atoms with Gasteiger partial charge in [-0.05, 0) is 61.3 Å². The Hall–Kier alpha value is -2.76. The number of carbonyl (C=O) groups is 1. The Morgan fingerprint density at radius 3 is 2.35 bits per heavy atom. The minimum Gasteiger partial charge on any atom is -0.444 e. The summed E-state index contributed by atoms with van der Waals surface area (Å²) in [5, 5.41) is 2.27. The number of likely N-dealkylation sites (tertiary alicyclic amines) is 1. The molecule has 0 aromatic heterocycles. The summed E-state index contributed by atoms with van der Waals surface area (Å²) < 4.78 is 72.9. The van der Waals surface area contributed by atoms with Gasteiger partial charge in [0.15, 0.2) is 5.82 Å². The van der Waals surface area contributed by atoms with E-state index < -0.39 is 56.6 Å². The summed E-state index contributed by atoms with van der Waals surface area (Å²) in [5.74, 6) is -4.89. The van der Waals surface area contributed by atoms with Gasteiger partial charge in [0.1, 0.15) is 11.2 Å². The summed E-state index contributed by atoms with van der Waals surface area (Å²) >= 11 is 11.4. The van der Waals surface area contributed by atoms with E-state index in [2.05, 4.69) is 5.16 Å². The normalized spacial score (nSPS) is 22.2. The lowest BCUT2D eigenvalue weighted by atomic mass is 9.85. The van der Waals surface area contributed by atoms with Gasteiger partial charge in [0.25, 0.3) is 5.90 Å². The van der Waals surface area contributed by atoms with Crippen LogP contribution in [0.4, 0.5) is 22.4 Å². The van der Waals surface area contributed by atoms with Gasteiger partial charge in [0.2, 0.25) is 0 Å². The van der Waals surface area contributed by atoms with Crippen molar-refractivity contribution in [2.24, 2.45) is 5.16 Å². The van der Waals surface area contributed by atoms with E-state index in [1.807, 2.05) is 0 Å². The maximum Gasteiger partial charge on any atom is 0.475 e. The minimum absolute atomic E-state index is 0.174. The molecule has 1 saturated heterocycles. The van der Waals surface area contributed by atoms with Gasteiger partial charge >= 0.3 is 18.1 Å². The largest absolute Gasteiger partial charge is 0.475 e. The number of amides is 1. The summed E-state index contributed by atoms with van der Waals surface area (Å²) in [4.78, 5) is 18.6. The molecule has 198 valence electrons. The topological polar surface area (TPSA) is 69.6 Å². The highest BCUT2D eigenvalue weighted by Crippen LogP contribution is 2.49. The molecule has 2 aromatic carbocycles. The highest BCUT2D eigenvalue weighted by molar-refractivity contribution is 6.35. The van der Waals surface area contributed by atoms with Gasteiger partial charge in [-0.15, -0.1) is 0 Å². The Bertz CT molecular complexity index is 1300. The number of rotatable bonds is 2. The molecule has 3 aliphatic rings. The fraction of sp³-hybridized carbons (Fsp3) is 0.417. The van der Waals surface area contributed by atoms with Crippen molar-refractivity contribution in [1.29, 1.82) is 0 Å². The second kappa shape index (κ2) is 8.37. The molecule has 7 nitrogen and oxygen atoms in total. The standard InChI is InChI=1S/C24H20Cl2F4N2O5/c1-21(2,3)36-20(33)32-10-22(11-32)15-5-4-12(6-13(15)9-34-22)19-31-37-23(35-19,24(28,29)30)14-7-16(25)18(27)17(26)8-14/h4-8H,9-11H2,1-3H3. The smallest absolute Gasteiger partial charge is 0.444 e. The molecule has 3 aliphatic heterocycles. The average Bonchev–Trinajstić information content (AvgIpc) is 3.37.